The summed E-state index contributed by atoms with van der Waals surface area (Å²) < 4.78 is 18.9. The maximum absolute atomic E-state index is 13.1. The van der Waals surface area contributed by atoms with Crippen LogP contribution in [0.15, 0.2) is 82.5 Å². The molecule has 0 bridgehead atoms. The van der Waals surface area contributed by atoms with Gasteiger partial charge in [0.15, 0.2) is 18.4 Å². The third-order valence-electron chi connectivity index (χ3n) is 5.72. The first-order valence-electron chi connectivity index (χ1n) is 11.3. The zero-order chi connectivity index (χ0) is 26.4. The lowest BCUT2D eigenvalue weighted by Crippen LogP contribution is -2.43. The third kappa shape index (κ3) is 6.23. The minimum absolute atomic E-state index is 0.0674. The van der Waals surface area contributed by atoms with E-state index >= 15 is 0 Å². The second-order valence-electron chi connectivity index (χ2n) is 8.19. The van der Waals surface area contributed by atoms with Crippen molar-refractivity contribution >= 4 is 28.3 Å². The molecule has 11 nitrogen and oxygen atoms in total. The first-order valence-corrected chi connectivity index (χ1v) is 12.4. The average molecular weight is 524 g/mol. The van der Waals surface area contributed by atoms with Gasteiger partial charge in [0.05, 0.1) is 11.1 Å². The monoisotopic (exact) mass is 524 g/mol. The van der Waals surface area contributed by atoms with Crippen LogP contribution in [0.1, 0.15) is 33.9 Å². The molecule has 6 atom stereocenters. The summed E-state index contributed by atoms with van der Waals surface area (Å²) in [7, 11) is 0.716. The third-order valence-corrected chi connectivity index (χ3v) is 6.80. The molecule has 0 aliphatic carbocycles. The largest absolute Gasteiger partial charge is 0.452 e. The summed E-state index contributed by atoms with van der Waals surface area (Å²) in [5.41, 5.74) is -1.24. The predicted octanol–water partition coefficient (Wildman–Crippen LogP) is 0.983. The summed E-state index contributed by atoms with van der Waals surface area (Å²) >= 11 is 0. The van der Waals surface area contributed by atoms with Crippen molar-refractivity contribution < 1.29 is 28.8 Å². The van der Waals surface area contributed by atoms with Gasteiger partial charge in [-0.15, -0.1) is 0 Å². The fourth-order valence-corrected chi connectivity index (χ4v) is 4.73. The Labute approximate surface area is 213 Å². The molecule has 0 amide bonds. The van der Waals surface area contributed by atoms with Crippen molar-refractivity contribution in [3.8, 4) is 0 Å². The number of carbonyl (C=O) groups excluding carboxylic acids is 2. The molecule has 0 spiro atoms. The van der Waals surface area contributed by atoms with Gasteiger partial charge in [-0.25, -0.2) is 14.4 Å². The molecule has 37 heavy (non-hydrogen) atoms. The normalized spacial score (nSPS) is 22.0. The van der Waals surface area contributed by atoms with Gasteiger partial charge in [0.25, 0.3) is 5.56 Å². The molecule has 191 valence electrons. The molecule has 0 saturated carbocycles. The van der Waals surface area contributed by atoms with Crippen LogP contribution in [0.25, 0.3) is 0 Å². The number of hydrogen-bond donors (Lipinski definition) is 3. The standard InChI is InChI=1S/C24H24BN3O8P/c1-14(37-27-25-33)18-19(35-22(30)15-8-4-2-5-9-15)20(36-23(31)16-10-6-3-7-11-16)21(34-18)28-13-12-17(29)26-24(28)32/h2-14,18-21,27,33,37H,1H3,(H,26,29,32)/t14-,18+,19+,20+,21+/m0/s1. The number of rotatable bonds is 9. The van der Waals surface area contributed by atoms with Gasteiger partial charge < -0.3 is 24.2 Å². The van der Waals surface area contributed by atoms with E-state index in [9.17, 15) is 19.2 Å². The quantitative estimate of drug-likeness (QED) is 0.212. The number of nitrogens with one attached hydrogen (secondary N) is 2. The van der Waals surface area contributed by atoms with E-state index in [4.69, 9.17) is 19.2 Å². The summed E-state index contributed by atoms with van der Waals surface area (Å²) in [5.74, 6) is -1.39. The van der Waals surface area contributed by atoms with E-state index in [0.29, 0.717) is 0 Å². The van der Waals surface area contributed by atoms with Crippen molar-refractivity contribution in [2.24, 2.45) is 0 Å². The van der Waals surface area contributed by atoms with E-state index in [1.54, 1.807) is 67.6 Å². The van der Waals surface area contributed by atoms with Crippen LogP contribution in [0.2, 0.25) is 0 Å². The number of H-pyrrole nitrogens is 1. The summed E-state index contributed by atoms with van der Waals surface area (Å²) in [6.07, 6.45) is -3.23. The van der Waals surface area contributed by atoms with Crippen LogP contribution in [0.4, 0.5) is 0 Å². The second-order valence-corrected chi connectivity index (χ2v) is 9.68. The van der Waals surface area contributed by atoms with Gasteiger partial charge in [0.1, 0.15) is 6.10 Å². The van der Waals surface area contributed by atoms with E-state index in [0.717, 1.165) is 18.3 Å². The SMILES string of the molecule is C[C@H](PN[B]O)[C@H]1O[C@@H](n2ccc(=O)[nH]c2=O)[C@H](OC(=O)c2ccccc2)[C@@H]1OC(=O)c1ccccc1. The smallest absolute Gasteiger partial charge is 0.396 e. The predicted molar refractivity (Wildman–Crippen MR) is 135 cm³/mol. The number of benzene rings is 2. The highest BCUT2D eigenvalue weighted by Gasteiger charge is 2.52. The molecular formula is C24H24BN3O8P. The molecule has 3 aromatic rings. The minimum Gasteiger partial charge on any atom is -0.452 e. The van der Waals surface area contributed by atoms with Crippen molar-refractivity contribution in [1.82, 2.24) is 14.5 Å². The number of nitrogens with zero attached hydrogens (tertiary/aromatic N) is 1. The van der Waals surface area contributed by atoms with Gasteiger partial charge in [-0.1, -0.05) is 52.1 Å². The first-order chi connectivity index (χ1) is 17.9. The Morgan fingerprint density at radius 2 is 1.57 bits per heavy atom. The summed E-state index contributed by atoms with van der Waals surface area (Å²) in [6.45, 7) is 1.79. The molecule has 4 rings (SSSR count). The minimum atomic E-state index is -1.25. The number of hydrogen-bond acceptors (Lipinski definition) is 9. The molecule has 1 unspecified atom stereocenters. The lowest BCUT2D eigenvalue weighted by atomic mass is 10.1. The van der Waals surface area contributed by atoms with Gasteiger partial charge in [-0.2, -0.15) is 0 Å². The first kappa shape index (κ1) is 26.5. The van der Waals surface area contributed by atoms with Crippen LogP contribution >= 0.6 is 8.73 Å². The summed E-state index contributed by atoms with van der Waals surface area (Å²) in [5, 5.41) is 9.10. The summed E-state index contributed by atoms with van der Waals surface area (Å²) in [4.78, 5) is 55.3. The Bertz CT molecular complexity index is 1340. The van der Waals surface area contributed by atoms with Gasteiger partial charge in [0, 0.05) is 17.9 Å². The molecular weight excluding hydrogens is 500 g/mol. The van der Waals surface area contributed by atoms with E-state index in [-0.39, 0.29) is 25.5 Å². The molecule has 1 aromatic heterocycles. The Hall–Kier alpha value is -3.57. The lowest BCUT2D eigenvalue weighted by Gasteiger charge is -2.27. The van der Waals surface area contributed by atoms with Crippen LogP contribution in [-0.2, 0) is 14.2 Å². The van der Waals surface area contributed by atoms with E-state index in [1.807, 2.05) is 0 Å². The van der Waals surface area contributed by atoms with E-state index < -0.39 is 47.7 Å². The van der Waals surface area contributed by atoms with Crippen LogP contribution < -0.4 is 16.2 Å². The van der Waals surface area contributed by atoms with E-state index in [1.165, 1.54) is 6.20 Å². The van der Waals surface area contributed by atoms with Crippen LogP contribution in [0.5, 0.6) is 0 Å². The number of ether oxygens (including phenoxy) is 3. The highest BCUT2D eigenvalue weighted by atomic mass is 31.1. The van der Waals surface area contributed by atoms with Crippen molar-refractivity contribution in [3.63, 3.8) is 0 Å². The molecule has 2 heterocycles. The Morgan fingerprint density at radius 3 is 2.11 bits per heavy atom. The Morgan fingerprint density at radius 1 is 1.00 bits per heavy atom. The van der Waals surface area contributed by atoms with Gasteiger partial charge in [0.2, 0.25) is 0 Å². The van der Waals surface area contributed by atoms with Crippen molar-refractivity contribution in [2.45, 2.75) is 37.1 Å². The Kier molecular flexibility index (Phi) is 8.68. The average Bonchev–Trinajstić information content (AvgIpc) is 3.25. The van der Waals surface area contributed by atoms with Crippen LogP contribution in [-0.4, -0.2) is 58.1 Å². The lowest BCUT2D eigenvalue weighted by molar-refractivity contribution is -0.0522. The van der Waals surface area contributed by atoms with Gasteiger partial charge in [-0.05, 0) is 24.3 Å². The Balaban J connectivity index is 1.74. The maximum Gasteiger partial charge on any atom is 0.396 e. The van der Waals surface area contributed by atoms with Gasteiger partial charge in [-0.3, -0.25) is 14.3 Å². The highest BCUT2D eigenvalue weighted by molar-refractivity contribution is 7.38. The van der Waals surface area contributed by atoms with Gasteiger partial charge >= 0.3 is 25.2 Å². The molecule has 1 fully saturated rings. The number of aromatic amines is 1. The van der Waals surface area contributed by atoms with Crippen LogP contribution in [0, 0.1) is 0 Å². The molecule has 13 heteroatoms. The van der Waals surface area contributed by atoms with Crippen molar-refractivity contribution in [3.05, 3.63) is 105 Å². The highest BCUT2D eigenvalue weighted by Crippen LogP contribution is 2.39. The van der Waals surface area contributed by atoms with E-state index in [2.05, 4.69) is 9.98 Å². The molecule has 1 aliphatic heterocycles. The zero-order valence-corrected chi connectivity index (χ0v) is 20.6. The van der Waals surface area contributed by atoms with Crippen molar-refractivity contribution in [1.29, 1.82) is 0 Å². The maximum atomic E-state index is 13.1. The van der Waals surface area contributed by atoms with Crippen molar-refractivity contribution in [2.75, 3.05) is 0 Å². The molecule has 3 N–H and O–H groups in total. The van der Waals surface area contributed by atoms with Crippen LogP contribution in [0.3, 0.4) is 0 Å². The topological polar surface area (TPSA) is 149 Å². The number of esters is 2. The molecule has 1 aliphatic rings. The molecule has 2 aromatic carbocycles. The summed E-state index contributed by atoms with van der Waals surface area (Å²) in [6, 6.07) is 17.6. The molecule has 1 radical (unpaired) electrons. The fourth-order valence-electron chi connectivity index (χ4n) is 3.96. The number of carbonyl (C=O) groups is 2. The number of aromatic nitrogens is 2. The second kappa shape index (κ2) is 12.1. The zero-order valence-electron chi connectivity index (χ0n) is 19.6. The molecule has 1 saturated heterocycles. The fraction of sp³-hybridized carbons (Fsp3) is 0.250.